The summed E-state index contributed by atoms with van der Waals surface area (Å²) in [6.07, 6.45) is 0. The molecule has 1 aromatic rings. The molecule has 0 aliphatic carbocycles. The van der Waals surface area contributed by atoms with Gasteiger partial charge in [-0.05, 0) is 35.8 Å². The van der Waals surface area contributed by atoms with Crippen molar-refractivity contribution in [2.75, 3.05) is 20.3 Å². The third kappa shape index (κ3) is 4.61. The van der Waals surface area contributed by atoms with Crippen LogP contribution in [0, 0.1) is 0 Å². The maximum absolute atomic E-state index is 11.8. The van der Waals surface area contributed by atoms with Gasteiger partial charge in [-0.15, -0.1) is 0 Å². The Kier molecular flexibility index (Phi) is 6.45. The van der Waals surface area contributed by atoms with Crippen LogP contribution in [0.15, 0.2) is 18.2 Å². The first-order valence-corrected chi connectivity index (χ1v) is 6.47. The monoisotopic (exact) mass is 282 g/mol. The number of methoxy groups -OCH3 is 1. The molecule has 0 bridgehead atoms. The minimum atomic E-state index is -0.509. The Morgan fingerprint density at radius 3 is 2.68 bits per heavy atom. The maximum Gasteiger partial charge on any atom is 0.347 e. The van der Waals surface area contributed by atoms with Crippen molar-refractivity contribution in [3.63, 3.8) is 0 Å². The van der Waals surface area contributed by atoms with E-state index in [1.807, 2.05) is 6.07 Å². The molecular formula is C14H18O4S. The lowest BCUT2D eigenvalue weighted by atomic mass is 10.0. The van der Waals surface area contributed by atoms with Crippen molar-refractivity contribution >= 4 is 23.7 Å². The molecule has 5 heteroatoms. The van der Waals surface area contributed by atoms with Crippen molar-refractivity contribution in [3.05, 3.63) is 29.3 Å². The van der Waals surface area contributed by atoms with Crippen molar-refractivity contribution in [1.82, 2.24) is 0 Å². The molecular weight excluding hydrogens is 264 g/mol. The van der Waals surface area contributed by atoms with Crippen LogP contribution in [0.5, 0.6) is 5.75 Å². The minimum absolute atomic E-state index is 0.312. The van der Waals surface area contributed by atoms with Gasteiger partial charge in [0.05, 0.1) is 6.61 Å². The number of hydrogen-bond acceptors (Lipinski definition) is 5. The summed E-state index contributed by atoms with van der Waals surface area (Å²) in [5.74, 6) is 0.278. The van der Waals surface area contributed by atoms with Crippen LogP contribution in [0.25, 0.3) is 0 Å². The zero-order valence-corrected chi connectivity index (χ0v) is 12.2. The molecule has 19 heavy (non-hydrogen) atoms. The number of hydrogen-bond donors (Lipinski definition) is 0. The van der Waals surface area contributed by atoms with Gasteiger partial charge in [0.2, 0.25) is 0 Å². The van der Waals surface area contributed by atoms with Crippen LogP contribution in [0.1, 0.15) is 35.7 Å². The smallest absolute Gasteiger partial charge is 0.347 e. The molecule has 1 aromatic carbocycles. The molecule has 1 rings (SSSR count). The minimum Gasteiger partial charge on any atom is -0.490 e. The fourth-order valence-corrected chi connectivity index (χ4v) is 1.62. The van der Waals surface area contributed by atoms with Crippen LogP contribution >= 0.6 is 12.2 Å². The highest BCUT2D eigenvalue weighted by Crippen LogP contribution is 2.25. The van der Waals surface area contributed by atoms with Gasteiger partial charge in [-0.25, -0.2) is 4.79 Å². The van der Waals surface area contributed by atoms with Gasteiger partial charge in [0.1, 0.15) is 17.9 Å². The molecule has 0 saturated heterocycles. The van der Waals surface area contributed by atoms with Crippen LogP contribution in [0.2, 0.25) is 0 Å². The fourth-order valence-electron chi connectivity index (χ4n) is 1.53. The van der Waals surface area contributed by atoms with E-state index < -0.39 is 5.97 Å². The summed E-state index contributed by atoms with van der Waals surface area (Å²) in [7, 11) is 1.59. The number of esters is 1. The Hall–Kier alpha value is -1.46. The second kappa shape index (κ2) is 7.86. The number of ether oxygens (including phenoxy) is 3. The maximum atomic E-state index is 11.8. The summed E-state index contributed by atoms with van der Waals surface area (Å²) >= 11 is 4.53. The highest BCUT2D eigenvalue weighted by Gasteiger charge is 2.15. The number of carbonyl (C=O) groups excluding carboxylic acids is 1. The molecule has 0 aromatic heterocycles. The Labute approximate surface area is 118 Å². The Bertz CT molecular complexity index is 443. The first-order chi connectivity index (χ1) is 9.10. The van der Waals surface area contributed by atoms with E-state index in [1.165, 1.54) is 0 Å². The molecule has 0 spiro atoms. The van der Waals surface area contributed by atoms with E-state index >= 15 is 0 Å². The van der Waals surface area contributed by atoms with Crippen LogP contribution in [-0.2, 0) is 9.47 Å². The summed E-state index contributed by atoms with van der Waals surface area (Å²) < 4.78 is 15.2. The van der Waals surface area contributed by atoms with Crippen molar-refractivity contribution in [2.24, 2.45) is 0 Å². The normalized spacial score (nSPS) is 10.3. The third-order valence-corrected chi connectivity index (χ3v) is 2.69. The average molecular weight is 282 g/mol. The molecule has 0 heterocycles. The van der Waals surface area contributed by atoms with E-state index in [0.717, 1.165) is 11.1 Å². The summed E-state index contributed by atoms with van der Waals surface area (Å²) in [6, 6.07) is 5.47. The predicted octanol–water partition coefficient (Wildman–Crippen LogP) is 2.95. The zero-order valence-electron chi connectivity index (χ0n) is 11.3. The predicted molar refractivity (Wildman–Crippen MR) is 77.0 cm³/mol. The largest absolute Gasteiger partial charge is 0.490 e. The number of thiocarbonyl (C=S) groups is 1. The van der Waals surface area contributed by atoms with Crippen molar-refractivity contribution in [1.29, 1.82) is 0 Å². The molecule has 4 nitrogen and oxygen atoms in total. The molecule has 0 N–H and O–H groups in total. The second-order valence-electron chi connectivity index (χ2n) is 4.25. The van der Waals surface area contributed by atoms with Gasteiger partial charge in [0.25, 0.3) is 0 Å². The Balaban J connectivity index is 3.00. The summed E-state index contributed by atoms with van der Waals surface area (Å²) in [4.78, 5) is 11.8. The zero-order chi connectivity index (χ0) is 14.3. The summed E-state index contributed by atoms with van der Waals surface area (Å²) in [5.41, 5.74) is 2.36. The van der Waals surface area contributed by atoms with Crippen LogP contribution in [0.3, 0.4) is 0 Å². The Morgan fingerprint density at radius 1 is 1.37 bits per heavy atom. The van der Waals surface area contributed by atoms with Gasteiger partial charge >= 0.3 is 5.97 Å². The van der Waals surface area contributed by atoms with E-state index in [1.54, 1.807) is 19.2 Å². The number of benzene rings is 1. The van der Waals surface area contributed by atoms with Gasteiger partial charge in [-0.3, -0.25) is 0 Å². The van der Waals surface area contributed by atoms with E-state index in [4.69, 9.17) is 14.2 Å². The molecule has 0 unspecified atom stereocenters. The molecule has 0 aliphatic rings. The van der Waals surface area contributed by atoms with E-state index in [2.05, 4.69) is 26.1 Å². The van der Waals surface area contributed by atoms with Crippen LogP contribution < -0.4 is 4.74 Å². The lowest BCUT2D eigenvalue weighted by Gasteiger charge is -2.13. The standard InChI is InChI=1S/C14H18O4S/c1-10(2)11-4-5-13(17-7-6-16-3)12(8-11)14(15)18-9-19/h4-5,8-10H,6-7H2,1-3H3. The third-order valence-electron chi connectivity index (χ3n) is 2.59. The quantitative estimate of drug-likeness (QED) is 0.437. The van der Waals surface area contributed by atoms with Gasteiger partial charge in [0, 0.05) is 7.11 Å². The van der Waals surface area contributed by atoms with Gasteiger partial charge < -0.3 is 14.2 Å². The van der Waals surface area contributed by atoms with Crippen LogP contribution in [0.4, 0.5) is 0 Å². The highest BCUT2D eigenvalue weighted by atomic mass is 32.1. The Morgan fingerprint density at radius 2 is 2.11 bits per heavy atom. The second-order valence-corrected chi connectivity index (χ2v) is 4.45. The summed E-state index contributed by atoms with van der Waals surface area (Å²) in [5, 5.41) is 0. The van der Waals surface area contributed by atoms with E-state index in [0.29, 0.717) is 30.4 Å². The molecule has 0 atom stereocenters. The molecule has 0 fully saturated rings. The van der Waals surface area contributed by atoms with Crippen molar-refractivity contribution in [2.45, 2.75) is 19.8 Å². The lowest BCUT2D eigenvalue weighted by Crippen LogP contribution is -2.10. The van der Waals surface area contributed by atoms with Gasteiger partial charge in [-0.2, -0.15) is 0 Å². The molecule has 0 aliphatic heterocycles. The van der Waals surface area contributed by atoms with Gasteiger partial charge in [0.15, 0.2) is 5.55 Å². The topological polar surface area (TPSA) is 44.8 Å². The van der Waals surface area contributed by atoms with Crippen molar-refractivity contribution < 1.29 is 19.0 Å². The molecule has 0 saturated carbocycles. The highest BCUT2D eigenvalue weighted by molar-refractivity contribution is 7.78. The number of carbonyl (C=O) groups is 1. The average Bonchev–Trinajstić information content (AvgIpc) is 2.39. The van der Waals surface area contributed by atoms with E-state index in [-0.39, 0.29) is 0 Å². The number of rotatable bonds is 7. The molecule has 104 valence electrons. The fraction of sp³-hybridized carbons (Fsp3) is 0.429. The first kappa shape index (κ1) is 15.6. The van der Waals surface area contributed by atoms with E-state index in [9.17, 15) is 4.79 Å². The molecule has 0 amide bonds. The van der Waals surface area contributed by atoms with Crippen LogP contribution in [-0.4, -0.2) is 31.8 Å². The SMILES string of the molecule is COCCOc1ccc(C(C)C)cc1C(=O)OC=S. The summed E-state index contributed by atoms with van der Waals surface area (Å²) in [6.45, 7) is 4.92. The van der Waals surface area contributed by atoms with Gasteiger partial charge in [-0.1, -0.05) is 19.9 Å². The lowest BCUT2D eigenvalue weighted by molar-refractivity contribution is 0.0725. The molecule has 0 radical (unpaired) electrons. The van der Waals surface area contributed by atoms with Crippen molar-refractivity contribution in [3.8, 4) is 5.75 Å². The first-order valence-electron chi connectivity index (χ1n) is 6.00.